The molecule has 6 heteroatoms. The number of hydrogen-bond donors (Lipinski definition) is 2. The van der Waals surface area contributed by atoms with E-state index in [0.29, 0.717) is 0 Å². The fourth-order valence-corrected chi connectivity index (χ4v) is 4.37. The van der Waals surface area contributed by atoms with Crippen molar-refractivity contribution in [2.45, 2.75) is 39.8 Å². The molecular formula is C26H26N4O2. The molecule has 0 spiro atoms. The number of fused-ring (bicyclic) bond motifs is 2. The van der Waals surface area contributed by atoms with Crippen molar-refractivity contribution in [3.63, 3.8) is 0 Å². The molecule has 162 valence electrons. The number of hydrogen-bond acceptors (Lipinski definition) is 4. The summed E-state index contributed by atoms with van der Waals surface area (Å²) in [6.45, 7) is 5.96. The van der Waals surface area contributed by atoms with E-state index >= 15 is 0 Å². The van der Waals surface area contributed by atoms with Gasteiger partial charge < -0.3 is 19.3 Å². The maximum atomic E-state index is 9.98. The number of rotatable bonds is 6. The van der Waals surface area contributed by atoms with Crippen molar-refractivity contribution >= 4 is 22.1 Å². The summed E-state index contributed by atoms with van der Waals surface area (Å²) in [6.07, 6.45) is 1.94. The third kappa shape index (κ3) is 3.38. The van der Waals surface area contributed by atoms with E-state index in [1.165, 1.54) is 0 Å². The molecule has 0 saturated carbocycles. The summed E-state index contributed by atoms with van der Waals surface area (Å²) in [4.78, 5) is 9.85. The average Bonchev–Trinajstić information content (AvgIpc) is 3.31. The van der Waals surface area contributed by atoms with Crippen LogP contribution >= 0.6 is 0 Å². The second-order valence-corrected chi connectivity index (χ2v) is 8.10. The maximum Gasteiger partial charge on any atom is 0.141 e. The van der Waals surface area contributed by atoms with E-state index < -0.39 is 0 Å². The topological polar surface area (TPSA) is 76.1 Å². The van der Waals surface area contributed by atoms with Gasteiger partial charge in [0, 0.05) is 24.2 Å². The Hall–Kier alpha value is -3.80. The first-order chi connectivity index (χ1) is 15.6. The van der Waals surface area contributed by atoms with Crippen LogP contribution in [0.3, 0.4) is 0 Å². The predicted molar refractivity (Wildman–Crippen MR) is 128 cm³/mol. The van der Waals surface area contributed by atoms with Gasteiger partial charge in [0.2, 0.25) is 0 Å². The minimum atomic E-state index is 0.231. The minimum Gasteiger partial charge on any atom is -0.508 e. The molecule has 0 aliphatic carbocycles. The van der Waals surface area contributed by atoms with E-state index in [1.807, 2.05) is 30.3 Å². The Morgan fingerprint density at radius 3 is 1.53 bits per heavy atom. The monoisotopic (exact) mass is 426 g/mol. The smallest absolute Gasteiger partial charge is 0.141 e. The molecule has 0 bridgehead atoms. The third-order valence-corrected chi connectivity index (χ3v) is 5.72. The third-order valence-electron chi connectivity index (χ3n) is 5.72. The number of imidazole rings is 2. The molecular weight excluding hydrogens is 400 g/mol. The molecule has 0 fully saturated rings. The molecule has 2 aromatic heterocycles. The SMILES string of the molecule is CCCn1c(-c2cccc(O)c2)nc2cc3nc(-c4cccc(O)c4)n(CCC)c3cc21. The molecule has 5 aromatic rings. The Bertz CT molecular complexity index is 1330. The van der Waals surface area contributed by atoms with Gasteiger partial charge in [0.25, 0.3) is 0 Å². The molecule has 32 heavy (non-hydrogen) atoms. The number of aryl methyl sites for hydroxylation is 2. The van der Waals surface area contributed by atoms with E-state index in [1.54, 1.807) is 24.3 Å². The highest BCUT2D eigenvalue weighted by Crippen LogP contribution is 2.33. The van der Waals surface area contributed by atoms with Gasteiger partial charge in [0.15, 0.2) is 0 Å². The lowest BCUT2D eigenvalue weighted by molar-refractivity contribution is 0.475. The van der Waals surface area contributed by atoms with Crippen molar-refractivity contribution in [2.24, 2.45) is 0 Å². The van der Waals surface area contributed by atoms with Crippen LogP contribution in [0.5, 0.6) is 11.5 Å². The van der Waals surface area contributed by atoms with Crippen LogP contribution in [0.2, 0.25) is 0 Å². The van der Waals surface area contributed by atoms with Gasteiger partial charge in [-0.05, 0) is 49.2 Å². The Labute approximate surface area is 186 Å². The molecule has 3 aromatic carbocycles. The minimum absolute atomic E-state index is 0.231. The molecule has 0 saturated heterocycles. The molecule has 0 amide bonds. The molecule has 2 heterocycles. The van der Waals surface area contributed by atoms with E-state index in [2.05, 4.69) is 29.0 Å². The fourth-order valence-electron chi connectivity index (χ4n) is 4.37. The van der Waals surface area contributed by atoms with Crippen LogP contribution in [0.25, 0.3) is 44.8 Å². The zero-order valence-electron chi connectivity index (χ0n) is 18.3. The summed E-state index contributed by atoms with van der Waals surface area (Å²) in [5, 5.41) is 20.0. The highest BCUT2D eigenvalue weighted by molar-refractivity contribution is 5.95. The first-order valence-corrected chi connectivity index (χ1v) is 11.1. The van der Waals surface area contributed by atoms with Gasteiger partial charge in [-0.3, -0.25) is 0 Å². The van der Waals surface area contributed by atoms with Crippen LogP contribution in [0, 0.1) is 0 Å². The Balaban J connectivity index is 1.76. The van der Waals surface area contributed by atoms with Crippen molar-refractivity contribution in [3.05, 3.63) is 60.7 Å². The summed E-state index contributed by atoms with van der Waals surface area (Å²) in [6, 6.07) is 18.7. The van der Waals surface area contributed by atoms with Gasteiger partial charge in [-0.1, -0.05) is 38.1 Å². The summed E-state index contributed by atoms with van der Waals surface area (Å²) in [5.41, 5.74) is 5.66. The molecule has 0 aliphatic heterocycles. The summed E-state index contributed by atoms with van der Waals surface area (Å²) < 4.78 is 4.45. The normalized spacial score (nSPS) is 11.6. The summed E-state index contributed by atoms with van der Waals surface area (Å²) >= 11 is 0. The van der Waals surface area contributed by atoms with Gasteiger partial charge in [0.05, 0.1) is 22.1 Å². The van der Waals surface area contributed by atoms with E-state index in [-0.39, 0.29) is 11.5 Å². The zero-order chi connectivity index (χ0) is 22.2. The molecule has 2 N–H and O–H groups in total. The van der Waals surface area contributed by atoms with Crippen LogP contribution in [-0.4, -0.2) is 29.3 Å². The van der Waals surface area contributed by atoms with Crippen molar-refractivity contribution < 1.29 is 10.2 Å². The Kier molecular flexibility index (Phi) is 5.05. The Morgan fingerprint density at radius 1 is 0.656 bits per heavy atom. The molecule has 0 unspecified atom stereocenters. The zero-order valence-corrected chi connectivity index (χ0v) is 18.3. The van der Waals surface area contributed by atoms with Crippen LogP contribution in [0.1, 0.15) is 26.7 Å². The predicted octanol–water partition coefficient (Wildman–Crippen LogP) is 5.95. The Morgan fingerprint density at radius 2 is 1.12 bits per heavy atom. The van der Waals surface area contributed by atoms with Crippen molar-refractivity contribution in [1.82, 2.24) is 19.1 Å². The lowest BCUT2D eigenvalue weighted by atomic mass is 10.2. The number of benzene rings is 3. The van der Waals surface area contributed by atoms with E-state index in [9.17, 15) is 10.2 Å². The second kappa shape index (κ2) is 8.04. The van der Waals surface area contributed by atoms with Crippen LogP contribution in [0.15, 0.2) is 60.7 Å². The van der Waals surface area contributed by atoms with Gasteiger partial charge in [-0.2, -0.15) is 0 Å². The van der Waals surface area contributed by atoms with Gasteiger partial charge >= 0.3 is 0 Å². The standard InChI is InChI=1S/C26H26N4O2/c1-3-11-29-23-16-24-22(15-21(23)27-25(29)17-7-5-9-19(31)13-17)28-26(30(24)12-4-2)18-8-6-10-20(32)14-18/h5-10,13-16,31-32H,3-4,11-12H2,1-2H3. The van der Waals surface area contributed by atoms with Gasteiger partial charge in [-0.15, -0.1) is 0 Å². The first-order valence-electron chi connectivity index (χ1n) is 11.1. The lowest BCUT2D eigenvalue weighted by Gasteiger charge is -2.10. The number of aromatic hydroxyl groups is 2. The second-order valence-electron chi connectivity index (χ2n) is 8.10. The van der Waals surface area contributed by atoms with Crippen LogP contribution in [0.4, 0.5) is 0 Å². The molecule has 0 radical (unpaired) electrons. The van der Waals surface area contributed by atoms with Crippen LogP contribution in [-0.2, 0) is 13.1 Å². The summed E-state index contributed by atoms with van der Waals surface area (Å²) in [5.74, 6) is 2.16. The number of nitrogens with zero attached hydrogens (tertiary/aromatic N) is 4. The van der Waals surface area contributed by atoms with Crippen molar-refractivity contribution in [3.8, 4) is 34.3 Å². The highest BCUT2D eigenvalue weighted by atomic mass is 16.3. The quantitative estimate of drug-likeness (QED) is 0.352. The summed E-state index contributed by atoms with van der Waals surface area (Å²) in [7, 11) is 0. The highest BCUT2D eigenvalue weighted by Gasteiger charge is 2.18. The molecule has 5 rings (SSSR count). The van der Waals surface area contributed by atoms with Crippen LogP contribution < -0.4 is 0 Å². The van der Waals surface area contributed by atoms with E-state index in [4.69, 9.17) is 9.97 Å². The molecule has 0 aliphatic rings. The number of phenols is 2. The van der Waals surface area contributed by atoms with Crippen molar-refractivity contribution in [1.29, 1.82) is 0 Å². The van der Waals surface area contributed by atoms with Gasteiger partial charge in [-0.25, -0.2) is 9.97 Å². The lowest BCUT2D eigenvalue weighted by Crippen LogP contribution is -2.01. The molecule has 6 nitrogen and oxygen atoms in total. The first kappa shape index (κ1) is 20.1. The average molecular weight is 427 g/mol. The number of phenolic OH excluding ortho intramolecular Hbond substituents is 2. The largest absolute Gasteiger partial charge is 0.508 e. The fraction of sp³-hybridized carbons (Fsp3) is 0.231. The van der Waals surface area contributed by atoms with Crippen molar-refractivity contribution in [2.75, 3.05) is 0 Å². The van der Waals surface area contributed by atoms with E-state index in [0.717, 1.165) is 70.8 Å². The maximum absolute atomic E-state index is 9.98. The van der Waals surface area contributed by atoms with Gasteiger partial charge in [0.1, 0.15) is 23.1 Å². The molecule has 0 atom stereocenters. The number of aromatic nitrogens is 4.